The van der Waals surface area contributed by atoms with Crippen LogP contribution < -0.4 is 9.50 Å². The van der Waals surface area contributed by atoms with Crippen molar-refractivity contribution in [3.63, 3.8) is 0 Å². The van der Waals surface area contributed by atoms with E-state index in [0.717, 1.165) is 17.8 Å². The van der Waals surface area contributed by atoms with Crippen LogP contribution in [0.5, 0.6) is 5.75 Å². The van der Waals surface area contributed by atoms with Crippen LogP contribution in [0.4, 0.5) is 5.13 Å². The highest BCUT2D eigenvalue weighted by molar-refractivity contribution is 7.99. The molecule has 2 rings (SSSR count). The molecule has 1 aromatic carbocycles. The Kier molecular flexibility index (Phi) is 7.42. The van der Waals surface area contributed by atoms with E-state index in [4.69, 9.17) is 15.8 Å². The highest BCUT2D eigenvalue weighted by atomic mass is 35.5. The van der Waals surface area contributed by atoms with Crippen molar-refractivity contribution in [1.82, 2.24) is 9.36 Å². The lowest BCUT2D eigenvalue weighted by Crippen LogP contribution is -2.13. The summed E-state index contributed by atoms with van der Waals surface area (Å²) in [5.41, 5.74) is 0.243. The van der Waals surface area contributed by atoms with Crippen molar-refractivity contribution in [1.29, 1.82) is 5.26 Å². The zero-order valence-electron chi connectivity index (χ0n) is 15.0. The van der Waals surface area contributed by atoms with Gasteiger partial charge < -0.3 is 4.18 Å². The molecule has 0 saturated heterocycles. The lowest BCUT2D eigenvalue weighted by Gasteiger charge is -2.06. The summed E-state index contributed by atoms with van der Waals surface area (Å²) in [6.07, 6.45) is 2.21. The molecule has 1 aromatic heterocycles. The second kappa shape index (κ2) is 9.38. The third kappa shape index (κ3) is 6.79. The van der Waals surface area contributed by atoms with Gasteiger partial charge in [0.1, 0.15) is 11.6 Å². The molecule has 0 saturated carbocycles. The Balaban J connectivity index is 2.16. The SMILES string of the molecule is CC(C)Sc1nsc(NC(=O)/C(C#N)=C\c2ccc(OS(C)(=O)=O)c(Cl)c2)n1. The van der Waals surface area contributed by atoms with Crippen molar-refractivity contribution in [2.75, 3.05) is 11.6 Å². The molecule has 0 radical (unpaired) electrons. The Morgan fingerprint density at radius 1 is 1.46 bits per heavy atom. The van der Waals surface area contributed by atoms with Gasteiger partial charge in [0.05, 0.1) is 11.3 Å². The van der Waals surface area contributed by atoms with Crippen LogP contribution in [0.2, 0.25) is 5.02 Å². The second-order valence-corrected chi connectivity index (χ2v) is 9.93. The highest BCUT2D eigenvalue weighted by Crippen LogP contribution is 2.28. The zero-order chi connectivity index (χ0) is 20.9. The lowest BCUT2D eigenvalue weighted by atomic mass is 10.1. The Morgan fingerprint density at radius 3 is 2.75 bits per heavy atom. The van der Waals surface area contributed by atoms with Crippen LogP contribution in [-0.2, 0) is 14.9 Å². The Bertz CT molecular complexity index is 1060. The third-order valence-corrected chi connectivity index (χ3v) is 5.23. The van der Waals surface area contributed by atoms with Crippen molar-refractivity contribution < 1.29 is 17.4 Å². The first-order valence-electron chi connectivity index (χ1n) is 7.70. The van der Waals surface area contributed by atoms with Gasteiger partial charge in [-0.25, -0.2) is 0 Å². The van der Waals surface area contributed by atoms with E-state index in [1.807, 2.05) is 19.9 Å². The molecule has 148 valence electrons. The van der Waals surface area contributed by atoms with Gasteiger partial charge in [0.15, 0.2) is 5.75 Å². The molecule has 0 fully saturated rings. The Hall–Kier alpha value is -2.13. The summed E-state index contributed by atoms with van der Waals surface area (Å²) >= 11 is 8.47. The first kappa shape index (κ1) is 22.2. The number of nitrogens with one attached hydrogen (secondary N) is 1. The number of benzene rings is 1. The van der Waals surface area contributed by atoms with E-state index < -0.39 is 16.0 Å². The molecular weight excluding hydrogens is 444 g/mol. The first-order chi connectivity index (χ1) is 13.1. The number of carbonyl (C=O) groups is 1. The van der Waals surface area contributed by atoms with Crippen LogP contribution in [0.1, 0.15) is 19.4 Å². The maximum atomic E-state index is 12.3. The van der Waals surface area contributed by atoms with Crippen LogP contribution >= 0.6 is 34.9 Å². The van der Waals surface area contributed by atoms with Crippen molar-refractivity contribution in [3.05, 3.63) is 34.4 Å². The van der Waals surface area contributed by atoms with Crippen molar-refractivity contribution in [2.45, 2.75) is 24.3 Å². The van der Waals surface area contributed by atoms with Crippen LogP contribution in [0, 0.1) is 11.3 Å². The van der Waals surface area contributed by atoms with E-state index in [-0.39, 0.29) is 21.5 Å². The number of halogens is 1. The Morgan fingerprint density at radius 2 is 2.18 bits per heavy atom. The summed E-state index contributed by atoms with van der Waals surface area (Å²) in [5, 5.41) is 13.0. The normalized spacial score (nSPS) is 11.9. The van der Waals surface area contributed by atoms with E-state index in [1.54, 1.807) is 0 Å². The molecule has 1 amide bonds. The molecule has 0 aliphatic carbocycles. The maximum absolute atomic E-state index is 12.3. The predicted molar refractivity (Wildman–Crippen MR) is 110 cm³/mol. The summed E-state index contributed by atoms with van der Waals surface area (Å²) in [6, 6.07) is 6.00. The molecular formula is C16H15ClN4O4S3. The van der Waals surface area contributed by atoms with Gasteiger partial charge in [-0.2, -0.15) is 23.0 Å². The quantitative estimate of drug-likeness (QED) is 0.289. The minimum Gasteiger partial charge on any atom is -0.381 e. The molecule has 0 spiro atoms. The molecule has 0 aliphatic rings. The van der Waals surface area contributed by atoms with Crippen molar-refractivity contribution in [2.24, 2.45) is 0 Å². The molecule has 0 atom stereocenters. The number of rotatable bonds is 7. The molecule has 0 bridgehead atoms. The third-order valence-electron chi connectivity index (χ3n) is 2.84. The largest absolute Gasteiger partial charge is 0.381 e. The van der Waals surface area contributed by atoms with Gasteiger partial charge in [0, 0.05) is 16.8 Å². The molecule has 12 heteroatoms. The van der Waals surface area contributed by atoms with Gasteiger partial charge in [-0.15, -0.1) is 0 Å². The van der Waals surface area contributed by atoms with E-state index in [9.17, 15) is 18.5 Å². The smallest absolute Gasteiger partial charge is 0.306 e. The zero-order valence-corrected chi connectivity index (χ0v) is 18.2. The average molecular weight is 459 g/mol. The first-order valence-corrected chi connectivity index (χ1v) is 11.5. The van der Waals surface area contributed by atoms with Gasteiger partial charge in [0.25, 0.3) is 5.91 Å². The molecule has 0 aliphatic heterocycles. The number of amides is 1. The monoisotopic (exact) mass is 458 g/mol. The van der Waals surface area contributed by atoms with E-state index >= 15 is 0 Å². The van der Waals surface area contributed by atoms with Crippen LogP contribution in [0.15, 0.2) is 28.9 Å². The second-order valence-electron chi connectivity index (χ2n) is 5.65. The fraction of sp³-hybridized carbons (Fsp3) is 0.250. The summed E-state index contributed by atoms with van der Waals surface area (Å²) < 4.78 is 31.2. The predicted octanol–water partition coefficient (Wildman–Crippen LogP) is 3.58. The number of nitrogens with zero attached hydrogens (tertiary/aromatic N) is 3. The van der Waals surface area contributed by atoms with Gasteiger partial charge in [0.2, 0.25) is 10.3 Å². The van der Waals surface area contributed by atoms with E-state index in [1.165, 1.54) is 36.0 Å². The number of hydrogen-bond acceptors (Lipinski definition) is 9. The fourth-order valence-electron chi connectivity index (χ4n) is 1.84. The van der Waals surface area contributed by atoms with Gasteiger partial charge in [-0.05, 0) is 23.8 Å². The van der Waals surface area contributed by atoms with Crippen LogP contribution in [-0.4, -0.2) is 35.2 Å². The summed E-state index contributed by atoms with van der Waals surface area (Å²) in [6.45, 7) is 4.00. The summed E-state index contributed by atoms with van der Waals surface area (Å²) in [5.74, 6) is -0.694. The maximum Gasteiger partial charge on any atom is 0.306 e. The number of carbonyl (C=O) groups excluding carboxylic acids is 1. The molecule has 1 heterocycles. The number of thioether (sulfide) groups is 1. The Labute approximate surface area is 175 Å². The van der Waals surface area contributed by atoms with Gasteiger partial charge in [-0.1, -0.05) is 43.3 Å². The van der Waals surface area contributed by atoms with E-state index in [2.05, 4.69) is 14.7 Å². The van der Waals surface area contributed by atoms with Gasteiger partial charge in [-0.3, -0.25) is 10.1 Å². The summed E-state index contributed by atoms with van der Waals surface area (Å²) in [4.78, 5) is 16.5. The molecule has 28 heavy (non-hydrogen) atoms. The lowest BCUT2D eigenvalue weighted by molar-refractivity contribution is -0.112. The molecule has 8 nitrogen and oxygen atoms in total. The summed E-state index contributed by atoms with van der Waals surface area (Å²) in [7, 11) is -3.72. The topological polar surface area (TPSA) is 122 Å². The molecule has 2 aromatic rings. The van der Waals surface area contributed by atoms with Crippen molar-refractivity contribution in [3.8, 4) is 11.8 Å². The molecule has 0 unspecified atom stereocenters. The van der Waals surface area contributed by atoms with Crippen molar-refractivity contribution >= 4 is 62.1 Å². The average Bonchev–Trinajstić information content (AvgIpc) is 2.99. The number of nitriles is 1. The fourth-order valence-corrected chi connectivity index (χ4v) is 3.96. The number of aromatic nitrogens is 2. The minimum atomic E-state index is -3.72. The van der Waals surface area contributed by atoms with E-state index in [0.29, 0.717) is 16.0 Å². The van der Waals surface area contributed by atoms with Crippen LogP contribution in [0.3, 0.4) is 0 Å². The van der Waals surface area contributed by atoms with Crippen LogP contribution in [0.25, 0.3) is 6.08 Å². The number of hydrogen-bond donors (Lipinski definition) is 1. The number of anilines is 1. The molecule has 1 N–H and O–H groups in total. The standard InChI is InChI=1S/C16H15ClN4O4S3/c1-9(2)26-16-20-15(27-21-16)19-14(22)11(8-18)6-10-4-5-13(12(17)7-10)25-28(3,23)24/h4-7,9H,1-3H3,(H,19,20,21,22)/b11-6-. The van der Waals surface area contributed by atoms with Gasteiger partial charge >= 0.3 is 10.1 Å². The minimum absolute atomic E-state index is 0.0244. The highest BCUT2D eigenvalue weighted by Gasteiger charge is 2.15.